The number of hydrogen-bond donors (Lipinski definition) is 0. The minimum atomic E-state index is 0.369. The second-order valence-electron chi connectivity index (χ2n) is 5.58. The van der Waals surface area contributed by atoms with E-state index < -0.39 is 0 Å². The standard InChI is InChI=1S/C18H20ClNO2/c1-21-18-9-10-20(13-18)12-14-3-2-4-17(11-14)22-16-7-5-15(19)6-8-16/h2-8,11,18H,9-10,12-13H2,1H3. The predicted molar refractivity (Wildman–Crippen MR) is 88.7 cm³/mol. The molecule has 1 aliphatic heterocycles. The van der Waals surface area contributed by atoms with Crippen LogP contribution >= 0.6 is 11.6 Å². The van der Waals surface area contributed by atoms with E-state index in [1.165, 1.54) is 5.56 Å². The van der Waals surface area contributed by atoms with Crippen LogP contribution in [0, 0.1) is 0 Å². The second-order valence-corrected chi connectivity index (χ2v) is 6.02. The lowest BCUT2D eigenvalue weighted by Gasteiger charge is -2.16. The van der Waals surface area contributed by atoms with Crippen molar-refractivity contribution in [2.75, 3.05) is 20.2 Å². The normalized spacial score (nSPS) is 18.5. The lowest BCUT2D eigenvalue weighted by atomic mass is 10.2. The van der Waals surface area contributed by atoms with Gasteiger partial charge < -0.3 is 9.47 Å². The van der Waals surface area contributed by atoms with Crippen LogP contribution in [0.1, 0.15) is 12.0 Å². The Morgan fingerprint density at radius 1 is 1.14 bits per heavy atom. The van der Waals surface area contributed by atoms with Crippen LogP contribution in [-0.2, 0) is 11.3 Å². The molecule has 2 aromatic rings. The molecule has 1 fully saturated rings. The molecule has 22 heavy (non-hydrogen) atoms. The fraction of sp³-hybridized carbons (Fsp3) is 0.333. The summed E-state index contributed by atoms with van der Waals surface area (Å²) < 4.78 is 11.3. The van der Waals surface area contributed by atoms with Crippen LogP contribution in [0.25, 0.3) is 0 Å². The topological polar surface area (TPSA) is 21.7 Å². The smallest absolute Gasteiger partial charge is 0.127 e. The number of methoxy groups -OCH3 is 1. The summed E-state index contributed by atoms with van der Waals surface area (Å²) in [6, 6.07) is 15.6. The summed E-state index contributed by atoms with van der Waals surface area (Å²) in [7, 11) is 1.79. The molecule has 116 valence electrons. The summed E-state index contributed by atoms with van der Waals surface area (Å²) in [5.41, 5.74) is 1.25. The maximum Gasteiger partial charge on any atom is 0.127 e. The van der Waals surface area contributed by atoms with Crippen LogP contribution in [-0.4, -0.2) is 31.2 Å². The highest BCUT2D eigenvalue weighted by Gasteiger charge is 2.21. The van der Waals surface area contributed by atoms with Gasteiger partial charge in [-0.25, -0.2) is 0 Å². The van der Waals surface area contributed by atoms with Gasteiger partial charge in [0.25, 0.3) is 0 Å². The first-order valence-electron chi connectivity index (χ1n) is 7.50. The number of hydrogen-bond acceptors (Lipinski definition) is 3. The lowest BCUT2D eigenvalue weighted by Crippen LogP contribution is -2.22. The summed E-state index contributed by atoms with van der Waals surface area (Å²) in [6.45, 7) is 3.01. The van der Waals surface area contributed by atoms with Crippen LogP contribution in [0.3, 0.4) is 0 Å². The van der Waals surface area contributed by atoms with Gasteiger partial charge in [-0.1, -0.05) is 23.7 Å². The summed E-state index contributed by atoms with van der Waals surface area (Å²) in [5, 5.41) is 0.711. The Morgan fingerprint density at radius 2 is 1.95 bits per heavy atom. The molecule has 0 spiro atoms. The number of rotatable bonds is 5. The molecule has 3 rings (SSSR count). The molecule has 0 N–H and O–H groups in total. The Morgan fingerprint density at radius 3 is 2.68 bits per heavy atom. The Kier molecular flexibility index (Phi) is 4.98. The van der Waals surface area contributed by atoms with Gasteiger partial charge in [-0.15, -0.1) is 0 Å². The molecule has 0 radical (unpaired) electrons. The maximum atomic E-state index is 5.89. The molecule has 2 aromatic carbocycles. The van der Waals surface area contributed by atoms with E-state index in [0.717, 1.165) is 37.6 Å². The van der Waals surface area contributed by atoms with Gasteiger partial charge in [0.2, 0.25) is 0 Å². The van der Waals surface area contributed by atoms with Crippen molar-refractivity contribution in [3.05, 3.63) is 59.1 Å². The van der Waals surface area contributed by atoms with E-state index in [2.05, 4.69) is 17.0 Å². The van der Waals surface area contributed by atoms with Crippen molar-refractivity contribution in [2.24, 2.45) is 0 Å². The molecule has 3 nitrogen and oxygen atoms in total. The number of nitrogens with zero attached hydrogens (tertiary/aromatic N) is 1. The fourth-order valence-electron chi connectivity index (χ4n) is 2.74. The highest BCUT2D eigenvalue weighted by Crippen LogP contribution is 2.25. The molecule has 0 aromatic heterocycles. The summed E-state index contributed by atoms with van der Waals surface area (Å²) >= 11 is 5.89. The Hall–Kier alpha value is -1.55. The van der Waals surface area contributed by atoms with Crippen molar-refractivity contribution in [2.45, 2.75) is 19.1 Å². The van der Waals surface area contributed by atoms with Gasteiger partial charge in [0.05, 0.1) is 6.10 Å². The SMILES string of the molecule is COC1CCN(Cc2cccc(Oc3ccc(Cl)cc3)c2)C1. The molecule has 0 aliphatic carbocycles. The van der Waals surface area contributed by atoms with E-state index >= 15 is 0 Å². The zero-order valence-electron chi connectivity index (χ0n) is 12.7. The summed E-state index contributed by atoms with van der Waals surface area (Å²) in [6.07, 6.45) is 1.48. The third kappa shape index (κ3) is 4.01. The first-order valence-corrected chi connectivity index (χ1v) is 7.88. The first-order chi connectivity index (χ1) is 10.7. The van der Waals surface area contributed by atoms with Gasteiger partial charge in [0.15, 0.2) is 0 Å². The van der Waals surface area contributed by atoms with Gasteiger partial charge in [-0.2, -0.15) is 0 Å². The number of likely N-dealkylation sites (tertiary alicyclic amines) is 1. The van der Waals surface area contributed by atoms with Gasteiger partial charge in [0, 0.05) is 31.8 Å². The molecule has 1 heterocycles. The van der Waals surface area contributed by atoms with E-state index in [9.17, 15) is 0 Å². The lowest BCUT2D eigenvalue weighted by molar-refractivity contribution is 0.107. The molecule has 4 heteroatoms. The third-order valence-corrected chi connectivity index (χ3v) is 4.17. The van der Waals surface area contributed by atoms with Crippen LogP contribution in [0.15, 0.2) is 48.5 Å². The van der Waals surface area contributed by atoms with Crippen LogP contribution in [0.4, 0.5) is 0 Å². The highest BCUT2D eigenvalue weighted by atomic mass is 35.5. The Labute approximate surface area is 136 Å². The summed E-state index contributed by atoms with van der Waals surface area (Å²) in [5.74, 6) is 1.64. The third-order valence-electron chi connectivity index (χ3n) is 3.92. The predicted octanol–water partition coefficient (Wildman–Crippen LogP) is 4.35. The minimum Gasteiger partial charge on any atom is -0.457 e. The van der Waals surface area contributed by atoms with Crippen LogP contribution in [0.5, 0.6) is 11.5 Å². The Bertz CT molecular complexity index is 615. The largest absolute Gasteiger partial charge is 0.457 e. The van der Waals surface area contributed by atoms with Gasteiger partial charge >= 0.3 is 0 Å². The monoisotopic (exact) mass is 317 g/mol. The molecule has 0 saturated carbocycles. The number of ether oxygens (including phenoxy) is 2. The number of halogens is 1. The molecule has 1 unspecified atom stereocenters. The average Bonchev–Trinajstić information content (AvgIpc) is 2.98. The summed E-state index contributed by atoms with van der Waals surface area (Å²) in [4.78, 5) is 2.41. The molecule has 0 amide bonds. The molecule has 0 bridgehead atoms. The molecular formula is C18H20ClNO2. The fourth-order valence-corrected chi connectivity index (χ4v) is 2.86. The van der Waals surface area contributed by atoms with Gasteiger partial charge in [-0.05, 0) is 48.4 Å². The maximum absolute atomic E-state index is 5.89. The van der Waals surface area contributed by atoms with Crippen molar-refractivity contribution >= 4 is 11.6 Å². The zero-order valence-corrected chi connectivity index (χ0v) is 13.4. The van der Waals surface area contributed by atoms with Crippen molar-refractivity contribution in [3.8, 4) is 11.5 Å². The van der Waals surface area contributed by atoms with Crippen molar-refractivity contribution in [1.82, 2.24) is 4.90 Å². The molecule has 1 aliphatic rings. The quantitative estimate of drug-likeness (QED) is 0.818. The van der Waals surface area contributed by atoms with Crippen molar-refractivity contribution in [1.29, 1.82) is 0 Å². The van der Waals surface area contributed by atoms with Crippen LogP contribution < -0.4 is 4.74 Å². The first kappa shape index (κ1) is 15.3. The zero-order chi connectivity index (χ0) is 15.4. The molecule has 1 saturated heterocycles. The van der Waals surface area contributed by atoms with E-state index in [1.54, 1.807) is 7.11 Å². The van der Waals surface area contributed by atoms with E-state index in [1.807, 2.05) is 36.4 Å². The van der Waals surface area contributed by atoms with Gasteiger partial charge in [-0.3, -0.25) is 4.90 Å². The Balaban J connectivity index is 1.63. The van der Waals surface area contributed by atoms with E-state index in [4.69, 9.17) is 21.1 Å². The molecular weight excluding hydrogens is 298 g/mol. The number of benzene rings is 2. The van der Waals surface area contributed by atoms with E-state index in [-0.39, 0.29) is 0 Å². The molecule has 1 atom stereocenters. The second kappa shape index (κ2) is 7.14. The average molecular weight is 318 g/mol. The van der Waals surface area contributed by atoms with Crippen molar-refractivity contribution < 1.29 is 9.47 Å². The van der Waals surface area contributed by atoms with Crippen LogP contribution in [0.2, 0.25) is 5.02 Å². The minimum absolute atomic E-state index is 0.369. The highest BCUT2D eigenvalue weighted by molar-refractivity contribution is 6.30. The van der Waals surface area contributed by atoms with Crippen molar-refractivity contribution in [3.63, 3.8) is 0 Å². The van der Waals surface area contributed by atoms with Gasteiger partial charge in [0.1, 0.15) is 11.5 Å². The van der Waals surface area contributed by atoms with E-state index in [0.29, 0.717) is 11.1 Å².